The van der Waals surface area contributed by atoms with Gasteiger partial charge in [0.2, 0.25) is 5.91 Å². The van der Waals surface area contributed by atoms with Gasteiger partial charge >= 0.3 is 0 Å². The number of thioether (sulfide) groups is 1. The zero-order chi connectivity index (χ0) is 20.3. The highest BCUT2D eigenvalue weighted by molar-refractivity contribution is 8.00. The lowest BCUT2D eigenvalue weighted by Crippen LogP contribution is -2.23. The Morgan fingerprint density at radius 3 is 2.64 bits per heavy atom. The summed E-state index contributed by atoms with van der Waals surface area (Å²) >= 11 is 1.14. The summed E-state index contributed by atoms with van der Waals surface area (Å²) in [6.45, 7) is 4.83. The molecule has 0 spiro atoms. The lowest BCUT2D eigenvalue weighted by molar-refractivity contribution is -0.115. The Bertz CT molecular complexity index is 1020. The summed E-state index contributed by atoms with van der Waals surface area (Å²) in [6, 6.07) is 9.09. The Labute approximate surface area is 165 Å². The predicted molar refractivity (Wildman–Crippen MR) is 105 cm³/mol. The normalized spacial score (nSPS) is 11.9. The average molecular weight is 399 g/mol. The van der Waals surface area contributed by atoms with Crippen LogP contribution in [0.5, 0.6) is 0 Å². The fourth-order valence-corrected chi connectivity index (χ4v) is 3.63. The van der Waals surface area contributed by atoms with Crippen LogP contribution >= 0.6 is 11.8 Å². The van der Waals surface area contributed by atoms with Crippen molar-refractivity contribution in [3.05, 3.63) is 59.7 Å². The molecule has 1 N–H and O–H groups in total. The van der Waals surface area contributed by atoms with Gasteiger partial charge < -0.3 is 9.73 Å². The third-order valence-corrected chi connectivity index (χ3v) is 4.99. The standard InChI is InChI=1S/C20H18FN3O3S/c1-11-17(12(2)25)20(24-18(22-11)16-8-5-9-27-16)28-13(3)19(26)23-15-7-4-6-14(21)10-15/h4-10,13H,1-3H3,(H,23,26)/t13-/m0/s1. The highest BCUT2D eigenvalue weighted by atomic mass is 32.2. The fraction of sp³-hybridized carbons (Fsp3) is 0.200. The molecule has 3 aromatic rings. The van der Waals surface area contributed by atoms with Gasteiger partial charge in [-0.25, -0.2) is 14.4 Å². The average Bonchev–Trinajstić information content (AvgIpc) is 3.15. The summed E-state index contributed by atoms with van der Waals surface area (Å²) < 4.78 is 18.6. The second kappa shape index (κ2) is 8.35. The van der Waals surface area contributed by atoms with E-state index < -0.39 is 11.1 Å². The number of carbonyl (C=O) groups is 2. The number of rotatable bonds is 6. The minimum atomic E-state index is -0.583. The van der Waals surface area contributed by atoms with Crippen LogP contribution in [-0.4, -0.2) is 26.9 Å². The van der Waals surface area contributed by atoms with Crippen LogP contribution in [0.4, 0.5) is 10.1 Å². The molecule has 144 valence electrons. The lowest BCUT2D eigenvalue weighted by Gasteiger charge is -2.15. The molecule has 1 aromatic carbocycles. The number of Topliss-reactive ketones (excluding diaryl/α,β-unsaturated/α-hetero) is 1. The minimum absolute atomic E-state index is 0.191. The number of amides is 1. The first-order chi connectivity index (χ1) is 13.3. The molecule has 28 heavy (non-hydrogen) atoms. The molecule has 2 aromatic heterocycles. The van der Waals surface area contributed by atoms with Crippen molar-refractivity contribution in [2.24, 2.45) is 0 Å². The number of hydrogen-bond acceptors (Lipinski definition) is 6. The maximum atomic E-state index is 13.3. The monoisotopic (exact) mass is 399 g/mol. The van der Waals surface area contributed by atoms with Gasteiger partial charge in [-0.15, -0.1) is 0 Å². The molecule has 0 bridgehead atoms. The molecule has 6 nitrogen and oxygen atoms in total. The van der Waals surface area contributed by atoms with E-state index in [4.69, 9.17) is 4.42 Å². The number of nitrogens with one attached hydrogen (secondary N) is 1. The molecule has 3 rings (SSSR count). The van der Waals surface area contributed by atoms with E-state index in [1.54, 1.807) is 32.0 Å². The molecule has 0 fully saturated rings. The van der Waals surface area contributed by atoms with Crippen LogP contribution in [0.1, 0.15) is 29.9 Å². The maximum absolute atomic E-state index is 13.3. The van der Waals surface area contributed by atoms with Crippen LogP contribution in [0.2, 0.25) is 0 Å². The molecule has 0 saturated carbocycles. The van der Waals surface area contributed by atoms with Crippen molar-refractivity contribution >= 4 is 29.1 Å². The molecule has 1 amide bonds. The fourth-order valence-electron chi connectivity index (χ4n) is 2.58. The number of benzene rings is 1. The van der Waals surface area contributed by atoms with Crippen molar-refractivity contribution in [1.82, 2.24) is 9.97 Å². The number of aromatic nitrogens is 2. The van der Waals surface area contributed by atoms with Gasteiger partial charge in [0.05, 0.1) is 22.8 Å². The van der Waals surface area contributed by atoms with Crippen molar-refractivity contribution in [2.75, 3.05) is 5.32 Å². The number of nitrogens with zero attached hydrogens (tertiary/aromatic N) is 2. The predicted octanol–water partition coefficient (Wildman–Crippen LogP) is 4.51. The van der Waals surface area contributed by atoms with Gasteiger partial charge in [-0.05, 0) is 51.1 Å². The first kappa shape index (κ1) is 19.8. The van der Waals surface area contributed by atoms with E-state index in [0.29, 0.717) is 33.6 Å². The van der Waals surface area contributed by atoms with Gasteiger partial charge in [0.1, 0.15) is 10.8 Å². The third-order valence-electron chi connectivity index (χ3n) is 3.90. The van der Waals surface area contributed by atoms with Crippen molar-refractivity contribution in [1.29, 1.82) is 0 Å². The van der Waals surface area contributed by atoms with Gasteiger partial charge in [0, 0.05) is 5.69 Å². The Kier molecular flexibility index (Phi) is 5.89. The SMILES string of the molecule is CC(=O)c1c(C)nc(-c2ccco2)nc1S[C@@H](C)C(=O)Nc1cccc(F)c1. The Hall–Kier alpha value is -3.00. The van der Waals surface area contributed by atoms with E-state index >= 15 is 0 Å². The largest absolute Gasteiger partial charge is 0.461 e. The molecule has 0 radical (unpaired) electrons. The van der Waals surface area contributed by atoms with E-state index in [9.17, 15) is 14.0 Å². The van der Waals surface area contributed by atoms with Gasteiger partial charge in [-0.1, -0.05) is 17.8 Å². The minimum Gasteiger partial charge on any atom is -0.461 e. The summed E-state index contributed by atoms with van der Waals surface area (Å²) in [5.74, 6) is -0.152. The van der Waals surface area contributed by atoms with Crippen molar-refractivity contribution in [3.8, 4) is 11.6 Å². The molecule has 0 aliphatic heterocycles. The molecule has 0 unspecified atom stereocenters. The van der Waals surface area contributed by atoms with Gasteiger partial charge in [0.15, 0.2) is 17.4 Å². The molecule has 1 atom stereocenters. The first-order valence-electron chi connectivity index (χ1n) is 8.51. The summed E-state index contributed by atoms with van der Waals surface area (Å²) in [4.78, 5) is 33.4. The number of furan rings is 1. The highest BCUT2D eigenvalue weighted by Gasteiger charge is 2.23. The Morgan fingerprint density at radius 1 is 1.21 bits per heavy atom. The number of anilines is 1. The lowest BCUT2D eigenvalue weighted by atomic mass is 10.2. The first-order valence-corrected chi connectivity index (χ1v) is 9.39. The third kappa shape index (κ3) is 4.45. The smallest absolute Gasteiger partial charge is 0.237 e. The topological polar surface area (TPSA) is 85.1 Å². The van der Waals surface area contributed by atoms with E-state index in [2.05, 4.69) is 15.3 Å². The number of aryl methyl sites for hydroxylation is 1. The molecule has 8 heteroatoms. The number of halogens is 1. The number of ketones is 1. The molecule has 2 heterocycles. The second-order valence-corrected chi connectivity index (χ2v) is 7.44. The quantitative estimate of drug-likeness (QED) is 0.373. The molecule has 0 saturated heterocycles. The molecule has 0 aliphatic carbocycles. The van der Waals surface area contributed by atoms with Gasteiger partial charge in [-0.2, -0.15) is 0 Å². The second-order valence-electron chi connectivity index (χ2n) is 6.11. The van der Waals surface area contributed by atoms with E-state index in [1.807, 2.05) is 0 Å². The van der Waals surface area contributed by atoms with E-state index in [-0.39, 0.29) is 11.7 Å². The van der Waals surface area contributed by atoms with Crippen LogP contribution < -0.4 is 5.32 Å². The van der Waals surface area contributed by atoms with Crippen molar-refractivity contribution < 1.29 is 18.4 Å². The van der Waals surface area contributed by atoms with E-state index in [0.717, 1.165) is 11.8 Å². The molecular weight excluding hydrogens is 381 g/mol. The van der Waals surface area contributed by atoms with Gasteiger partial charge in [0.25, 0.3) is 0 Å². The summed E-state index contributed by atoms with van der Waals surface area (Å²) in [5, 5.41) is 2.47. The van der Waals surface area contributed by atoms with Crippen LogP contribution in [0.3, 0.4) is 0 Å². The zero-order valence-electron chi connectivity index (χ0n) is 15.5. The van der Waals surface area contributed by atoms with Crippen molar-refractivity contribution in [3.63, 3.8) is 0 Å². The van der Waals surface area contributed by atoms with Crippen LogP contribution in [0.15, 0.2) is 52.1 Å². The van der Waals surface area contributed by atoms with Crippen LogP contribution in [0, 0.1) is 12.7 Å². The Balaban J connectivity index is 1.87. The van der Waals surface area contributed by atoms with E-state index in [1.165, 1.54) is 31.4 Å². The van der Waals surface area contributed by atoms with Crippen LogP contribution in [0.25, 0.3) is 11.6 Å². The number of carbonyl (C=O) groups excluding carboxylic acids is 2. The van der Waals surface area contributed by atoms with Gasteiger partial charge in [-0.3, -0.25) is 9.59 Å². The van der Waals surface area contributed by atoms with Crippen molar-refractivity contribution in [2.45, 2.75) is 31.0 Å². The Morgan fingerprint density at radius 2 is 2.00 bits per heavy atom. The molecular formula is C20H18FN3O3S. The zero-order valence-corrected chi connectivity index (χ0v) is 16.3. The summed E-state index contributed by atoms with van der Waals surface area (Å²) in [7, 11) is 0. The summed E-state index contributed by atoms with van der Waals surface area (Å²) in [6.07, 6.45) is 1.51. The van der Waals surface area contributed by atoms with Crippen LogP contribution in [-0.2, 0) is 4.79 Å². The summed E-state index contributed by atoms with van der Waals surface area (Å²) in [5.41, 5.74) is 1.24. The number of hydrogen-bond donors (Lipinski definition) is 1. The highest BCUT2D eigenvalue weighted by Crippen LogP contribution is 2.30. The maximum Gasteiger partial charge on any atom is 0.237 e. The molecule has 0 aliphatic rings.